The first-order valence-electron chi connectivity index (χ1n) is 4.88. The Morgan fingerprint density at radius 2 is 2.44 bits per heavy atom. The zero-order chi connectivity index (χ0) is 12.0. The predicted octanol–water partition coefficient (Wildman–Crippen LogP) is -0.927. The summed E-state index contributed by atoms with van der Waals surface area (Å²) in [4.78, 5) is 13.4. The van der Waals surface area contributed by atoms with E-state index in [2.05, 4.69) is 10.2 Å². The summed E-state index contributed by atoms with van der Waals surface area (Å²) in [6.45, 7) is 0.948. The molecule has 0 aliphatic carbocycles. The molecule has 1 aromatic heterocycles. The number of anilines is 1. The Morgan fingerprint density at radius 3 is 2.94 bits per heavy atom. The Hall–Kier alpha value is -1.60. The summed E-state index contributed by atoms with van der Waals surface area (Å²) in [6.07, 6.45) is 1.37. The number of aromatic amines is 1. The van der Waals surface area contributed by atoms with Gasteiger partial charge in [-0.15, -0.1) is 0 Å². The van der Waals surface area contributed by atoms with Crippen molar-refractivity contribution >= 4 is 11.7 Å². The summed E-state index contributed by atoms with van der Waals surface area (Å²) in [6, 6.07) is 0. The van der Waals surface area contributed by atoms with E-state index in [1.54, 1.807) is 7.11 Å². The fourth-order valence-electron chi connectivity index (χ4n) is 1.27. The number of carbonyl (C=O) groups excluding carboxylic acids is 1. The van der Waals surface area contributed by atoms with Crippen LogP contribution in [0, 0.1) is 0 Å². The Labute approximate surface area is 93.2 Å². The quantitative estimate of drug-likeness (QED) is 0.583. The summed E-state index contributed by atoms with van der Waals surface area (Å²) >= 11 is 0. The van der Waals surface area contributed by atoms with Crippen LogP contribution in [0.4, 0.5) is 5.82 Å². The van der Waals surface area contributed by atoms with Crippen LogP contribution in [0.1, 0.15) is 10.4 Å². The molecule has 1 amide bonds. The number of hydrogen-bond acceptors (Lipinski definition) is 5. The second kappa shape index (κ2) is 6.09. The van der Waals surface area contributed by atoms with Crippen molar-refractivity contribution in [2.24, 2.45) is 0 Å². The fourth-order valence-corrected chi connectivity index (χ4v) is 1.27. The molecule has 1 aromatic rings. The Balaban J connectivity index is 2.70. The lowest BCUT2D eigenvalue weighted by Crippen LogP contribution is -2.36. The minimum atomic E-state index is -0.266. The maximum absolute atomic E-state index is 11.9. The Bertz CT molecular complexity index is 339. The van der Waals surface area contributed by atoms with Crippen molar-refractivity contribution in [3.05, 3.63) is 11.8 Å². The normalized spacial score (nSPS) is 10.4. The van der Waals surface area contributed by atoms with E-state index in [0.717, 1.165) is 0 Å². The van der Waals surface area contributed by atoms with Crippen LogP contribution in [0.15, 0.2) is 6.20 Å². The number of methoxy groups -OCH3 is 1. The standard InChI is InChI=1S/C9H16N4O3/c1-16-5-3-13(2-4-14)9(15)7-6-11-12-8(7)10/h6,14H,2-5H2,1H3,(H3,10,11,12). The van der Waals surface area contributed by atoms with E-state index < -0.39 is 0 Å². The lowest BCUT2D eigenvalue weighted by Gasteiger charge is -2.20. The van der Waals surface area contributed by atoms with Gasteiger partial charge in [-0.25, -0.2) is 0 Å². The smallest absolute Gasteiger partial charge is 0.259 e. The molecule has 7 nitrogen and oxygen atoms in total. The summed E-state index contributed by atoms with van der Waals surface area (Å²) < 4.78 is 4.89. The lowest BCUT2D eigenvalue weighted by atomic mass is 10.3. The molecule has 16 heavy (non-hydrogen) atoms. The second-order valence-electron chi connectivity index (χ2n) is 3.21. The van der Waals surface area contributed by atoms with E-state index in [0.29, 0.717) is 18.7 Å². The molecule has 0 aliphatic rings. The predicted molar refractivity (Wildman–Crippen MR) is 57.9 cm³/mol. The van der Waals surface area contributed by atoms with E-state index in [1.165, 1.54) is 11.1 Å². The summed E-state index contributed by atoms with van der Waals surface area (Å²) in [5.41, 5.74) is 5.85. The van der Waals surface area contributed by atoms with Gasteiger partial charge >= 0.3 is 0 Å². The van der Waals surface area contributed by atoms with E-state index in [4.69, 9.17) is 15.6 Å². The number of nitrogens with two attached hydrogens (primary N) is 1. The minimum Gasteiger partial charge on any atom is -0.395 e. The van der Waals surface area contributed by atoms with Gasteiger partial charge in [0.15, 0.2) is 0 Å². The first kappa shape index (κ1) is 12.5. The second-order valence-corrected chi connectivity index (χ2v) is 3.21. The van der Waals surface area contributed by atoms with Crippen molar-refractivity contribution < 1.29 is 14.6 Å². The first-order valence-corrected chi connectivity index (χ1v) is 4.88. The van der Waals surface area contributed by atoms with Crippen molar-refractivity contribution in [2.75, 3.05) is 39.1 Å². The first-order chi connectivity index (χ1) is 7.70. The summed E-state index contributed by atoms with van der Waals surface area (Å²) in [7, 11) is 1.55. The maximum Gasteiger partial charge on any atom is 0.259 e. The van der Waals surface area contributed by atoms with Gasteiger partial charge in [0.25, 0.3) is 5.91 Å². The maximum atomic E-state index is 11.9. The monoisotopic (exact) mass is 228 g/mol. The van der Waals surface area contributed by atoms with Crippen LogP contribution in [0.2, 0.25) is 0 Å². The van der Waals surface area contributed by atoms with E-state index in [1.807, 2.05) is 0 Å². The summed E-state index contributed by atoms with van der Waals surface area (Å²) in [5.74, 6) is -0.0392. The Morgan fingerprint density at radius 1 is 1.69 bits per heavy atom. The zero-order valence-corrected chi connectivity index (χ0v) is 9.14. The number of amides is 1. The van der Waals surface area contributed by atoms with Crippen LogP contribution < -0.4 is 5.73 Å². The molecule has 1 heterocycles. The van der Waals surface area contributed by atoms with Gasteiger partial charge in [0.05, 0.1) is 19.4 Å². The number of nitrogens with zero attached hydrogens (tertiary/aromatic N) is 2. The molecule has 4 N–H and O–H groups in total. The lowest BCUT2D eigenvalue weighted by molar-refractivity contribution is 0.0657. The van der Waals surface area contributed by atoms with Gasteiger partial charge in [0.2, 0.25) is 0 Å². The number of carbonyl (C=O) groups is 1. The number of nitrogen functional groups attached to an aromatic ring is 1. The average Bonchev–Trinajstić information content (AvgIpc) is 2.69. The van der Waals surface area contributed by atoms with Gasteiger partial charge in [0, 0.05) is 20.2 Å². The Kier molecular flexibility index (Phi) is 4.74. The highest BCUT2D eigenvalue weighted by Gasteiger charge is 2.18. The van der Waals surface area contributed by atoms with E-state index in [9.17, 15) is 4.79 Å². The molecule has 0 saturated heterocycles. The van der Waals surface area contributed by atoms with E-state index >= 15 is 0 Å². The number of aliphatic hydroxyl groups is 1. The molecule has 0 saturated carbocycles. The average molecular weight is 228 g/mol. The van der Waals surface area contributed by atoms with Crippen LogP contribution in [-0.2, 0) is 4.74 Å². The molecule has 1 rings (SSSR count). The third-order valence-electron chi connectivity index (χ3n) is 2.12. The van der Waals surface area contributed by atoms with Crippen LogP contribution in [0.25, 0.3) is 0 Å². The molecule has 0 radical (unpaired) electrons. The van der Waals surface area contributed by atoms with Gasteiger partial charge in [-0.1, -0.05) is 0 Å². The number of aromatic nitrogens is 2. The molecule has 90 valence electrons. The van der Waals surface area contributed by atoms with Crippen LogP contribution in [-0.4, -0.2) is 59.5 Å². The van der Waals surface area contributed by atoms with Crippen molar-refractivity contribution in [3.8, 4) is 0 Å². The van der Waals surface area contributed by atoms with Crippen molar-refractivity contribution in [1.29, 1.82) is 0 Å². The third kappa shape index (κ3) is 2.94. The molecule has 0 atom stereocenters. The van der Waals surface area contributed by atoms with E-state index in [-0.39, 0.29) is 24.9 Å². The van der Waals surface area contributed by atoms with Crippen molar-refractivity contribution in [1.82, 2.24) is 15.1 Å². The molecule has 0 fully saturated rings. The zero-order valence-electron chi connectivity index (χ0n) is 9.14. The van der Waals surface area contributed by atoms with Crippen LogP contribution in [0.5, 0.6) is 0 Å². The highest BCUT2D eigenvalue weighted by atomic mass is 16.5. The number of ether oxygens (including phenoxy) is 1. The molecule has 7 heteroatoms. The van der Waals surface area contributed by atoms with Crippen molar-refractivity contribution in [2.45, 2.75) is 0 Å². The van der Waals surface area contributed by atoms with Gasteiger partial charge in [-0.3, -0.25) is 9.89 Å². The molecular weight excluding hydrogens is 212 g/mol. The fraction of sp³-hybridized carbons (Fsp3) is 0.556. The highest BCUT2D eigenvalue weighted by molar-refractivity contribution is 5.98. The molecule has 0 unspecified atom stereocenters. The third-order valence-corrected chi connectivity index (χ3v) is 2.12. The molecule has 0 spiro atoms. The van der Waals surface area contributed by atoms with Gasteiger partial charge in [-0.2, -0.15) is 5.10 Å². The molecule has 0 bridgehead atoms. The van der Waals surface area contributed by atoms with Crippen LogP contribution in [0.3, 0.4) is 0 Å². The number of rotatable bonds is 6. The largest absolute Gasteiger partial charge is 0.395 e. The molecular formula is C9H16N4O3. The number of hydrogen-bond donors (Lipinski definition) is 3. The highest BCUT2D eigenvalue weighted by Crippen LogP contribution is 2.09. The summed E-state index contributed by atoms with van der Waals surface area (Å²) in [5, 5.41) is 15.0. The SMILES string of the molecule is COCCN(CCO)C(=O)c1cn[nH]c1N. The molecule has 0 aromatic carbocycles. The van der Waals surface area contributed by atoms with Crippen LogP contribution >= 0.6 is 0 Å². The minimum absolute atomic E-state index is 0.104. The molecule has 0 aliphatic heterocycles. The topological polar surface area (TPSA) is 104 Å². The number of aliphatic hydroxyl groups excluding tert-OH is 1. The number of H-pyrrole nitrogens is 1. The van der Waals surface area contributed by atoms with Gasteiger partial charge in [0.1, 0.15) is 11.4 Å². The van der Waals surface area contributed by atoms with Gasteiger partial charge in [-0.05, 0) is 0 Å². The van der Waals surface area contributed by atoms with Crippen molar-refractivity contribution in [3.63, 3.8) is 0 Å². The number of nitrogens with one attached hydrogen (secondary N) is 1. The van der Waals surface area contributed by atoms with Gasteiger partial charge < -0.3 is 20.5 Å².